The van der Waals surface area contributed by atoms with Crippen molar-refractivity contribution in [2.75, 3.05) is 0 Å². The van der Waals surface area contributed by atoms with E-state index >= 15 is 0 Å². The van der Waals surface area contributed by atoms with Crippen LogP contribution >= 0.6 is 0 Å². The maximum atomic E-state index is 6.08. The van der Waals surface area contributed by atoms with Gasteiger partial charge in [-0.15, -0.1) is 0 Å². The Morgan fingerprint density at radius 2 is 2.33 bits per heavy atom. The van der Waals surface area contributed by atoms with E-state index in [0.717, 1.165) is 24.5 Å². The van der Waals surface area contributed by atoms with Crippen molar-refractivity contribution in [3.05, 3.63) is 18.0 Å². The lowest BCUT2D eigenvalue weighted by molar-refractivity contribution is 0.469. The standard InChI is InChI=1S/C12H21N3/c1-3-9(2)15-7-6-11(14-15)8-12(13)10-4-5-10/h6-7,9-10,12H,3-5,8,13H2,1-2H3. The monoisotopic (exact) mass is 207 g/mol. The predicted octanol–water partition coefficient (Wildman–Crippen LogP) is 2.13. The third-order valence-electron chi connectivity index (χ3n) is 3.38. The number of aromatic nitrogens is 2. The molecule has 0 bridgehead atoms. The molecule has 1 aromatic heterocycles. The lowest BCUT2D eigenvalue weighted by atomic mass is 10.1. The zero-order valence-corrected chi connectivity index (χ0v) is 9.69. The molecular weight excluding hydrogens is 186 g/mol. The maximum Gasteiger partial charge on any atom is 0.0640 e. The largest absolute Gasteiger partial charge is 0.327 e. The molecule has 2 atom stereocenters. The van der Waals surface area contributed by atoms with Crippen LogP contribution in [0.1, 0.15) is 44.8 Å². The van der Waals surface area contributed by atoms with Crippen LogP contribution in [-0.2, 0) is 6.42 Å². The van der Waals surface area contributed by atoms with Crippen LogP contribution in [0, 0.1) is 5.92 Å². The van der Waals surface area contributed by atoms with Crippen LogP contribution in [0.5, 0.6) is 0 Å². The summed E-state index contributed by atoms with van der Waals surface area (Å²) >= 11 is 0. The molecule has 0 spiro atoms. The van der Waals surface area contributed by atoms with Crippen LogP contribution in [0.4, 0.5) is 0 Å². The first kappa shape index (κ1) is 10.7. The summed E-state index contributed by atoms with van der Waals surface area (Å²) in [6.45, 7) is 4.37. The van der Waals surface area contributed by atoms with E-state index < -0.39 is 0 Å². The molecule has 0 saturated heterocycles. The van der Waals surface area contributed by atoms with Gasteiger partial charge in [-0.2, -0.15) is 5.10 Å². The molecule has 84 valence electrons. The van der Waals surface area contributed by atoms with Crippen molar-refractivity contribution in [3.63, 3.8) is 0 Å². The number of nitrogens with zero attached hydrogens (tertiary/aromatic N) is 2. The third-order valence-corrected chi connectivity index (χ3v) is 3.38. The molecule has 1 saturated carbocycles. The number of rotatable bonds is 5. The highest BCUT2D eigenvalue weighted by molar-refractivity contribution is 5.04. The first-order valence-corrected chi connectivity index (χ1v) is 6.00. The molecule has 3 nitrogen and oxygen atoms in total. The van der Waals surface area contributed by atoms with Crippen molar-refractivity contribution < 1.29 is 0 Å². The van der Waals surface area contributed by atoms with Crippen molar-refractivity contribution in [1.29, 1.82) is 0 Å². The van der Waals surface area contributed by atoms with Crippen molar-refractivity contribution in [2.45, 2.75) is 51.6 Å². The highest BCUT2D eigenvalue weighted by Crippen LogP contribution is 2.32. The summed E-state index contributed by atoms with van der Waals surface area (Å²) in [5.41, 5.74) is 7.23. The zero-order chi connectivity index (χ0) is 10.8. The van der Waals surface area contributed by atoms with Crippen LogP contribution in [0.25, 0.3) is 0 Å². The van der Waals surface area contributed by atoms with Crippen LogP contribution < -0.4 is 5.73 Å². The van der Waals surface area contributed by atoms with Crippen molar-refractivity contribution in [3.8, 4) is 0 Å². The van der Waals surface area contributed by atoms with Gasteiger partial charge < -0.3 is 5.73 Å². The van der Waals surface area contributed by atoms with Crippen LogP contribution in [0.3, 0.4) is 0 Å². The van der Waals surface area contributed by atoms with Gasteiger partial charge in [0.2, 0.25) is 0 Å². The normalized spacial score (nSPS) is 20.2. The van der Waals surface area contributed by atoms with Gasteiger partial charge in [0, 0.05) is 24.7 Å². The Kier molecular flexibility index (Phi) is 3.10. The fraction of sp³-hybridized carbons (Fsp3) is 0.750. The van der Waals surface area contributed by atoms with Gasteiger partial charge in [-0.1, -0.05) is 6.92 Å². The van der Waals surface area contributed by atoms with Crippen LogP contribution in [0.2, 0.25) is 0 Å². The predicted molar refractivity (Wildman–Crippen MR) is 61.6 cm³/mol. The van der Waals surface area contributed by atoms with Gasteiger partial charge in [0.1, 0.15) is 0 Å². The SMILES string of the molecule is CCC(C)n1ccc(CC(N)C2CC2)n1. The van der Waals surface area contributed by atoms with Gasteiger partial charge in [-0.05, 0) is 38.2 Å². The van der Waals surface area contributed by atoms with Gasteiger partial charge in [0.25, 0.3) is 0 Å². The van der Waals surface area contributed by atoms with Crippen LogP contribution in [0.15, 0.2) is 12.3 Å². The van der Waals surface area contributed by atoms with E-state index in [4.69, 9.17) is 5.73 Å². The van der Waals surface area contributed by atoms with E-state index in [2.05, 4.69) is 35.9 Å². The van der Waals surface area contributed by atoms with Crippen LogP contribution in [-0.4, -0.2) is 15.8 Å². The molecule has 0 aromatic carbocycles. The quantitative estimate of drug-likeness (QED) is 0.804. The Hall–Kier alpha value is -0.830. The highest BCUT2D eigenvalue weighted by Gasteiger charge is 2.28. The molecule has 2 unspecified atom stereocenters. The summed E-state index contributed by atoms with van der Waals surface area (Å²) in [6, 6.07) is 2.93. The summed E-state index contributed by atoms with van der Waals surface area (Å²) < 4.78 is 2.05. The second-order valence-corrected chi connectivity index (χ2v) is 4.75. The number of hydrogen-bond donors (Lipinski definition) is 1. The Morgan fingerprint density at radius 3 is 2.93 bits per heavy atom. The molecule has 2 rings (SSSR count). The molecule has 0 amide bonds. The number of nitrogens with two attached hydrogens (primary N) is 1. The van der Waals surface area contributed by atoms with Gasteiger partial charge >= 0.3 is 0 Å². The second kappa shape index (κ2) is 4.35. The first-order valence-electron chi connectivity index (χ1n) is 6.00. The topological polar surface area (TPSA) is 43.8 Å². The molecule has 0 aliphatic heterocycles. The van der Waals surface area contributed by atoms with Crippen molar-refractivity contribution in [2.24, 2.45) is 11.7 Å². The van der Waals surface area contributed by atoms with E-state index in [1.165, 1.54) is 12.8 Å². The van der Waals surface area contributed by atoms with E-state index in [1.54, 1.807) is 0 Å². The Balaban J connectivity index is 1.94. The minimum atomic E-state index is 0.324. The molecule has 2 N–H and O–H groups in total. The smallest absolute Gasteiger partial charge is 0.0640 e. The van der Waals surface area contributed by atoms with Crippen molar-refractivity contribution >= 4 is 0 Å². The molecule has 1 fully saturated rings. The fourth-order valence-corrected chi connectivity index (χ4v) is 1.85. The summed E-state index contributed by atoms with van der Waals surface area (Å²) in [5.74, 6) is 0.763. The third kappa shape index (κ3) is 2.59. The lowest BCUT2D eigenvalue weighted by Crippen LogP contribution is -2.25. The molecular formula is C12H21N3. The Bertz CT molecular complexity index is 314. The van der Waals surface area contributed by atoms with E-state index in [-0.39, 0.29) is 0 Å². The summed E-state index contributed by atoms with van der Waals surface area (Å²) in [7, 11) is 0. The summed E-state index contributed by atoms with van der Waals surface area (Å²) in [5, 5.41) is 4.57. The molecule has 3 heteroatoms. The van der Waals surface area contributed by atoms with Gasteiger partial charge in [0.05, 0.1) is 5.69 Å². The maximum absolute atomic E-state index is 6.08. The van der Waals surface area contributed by atoms with Gasteiger partial charge in [0.15, 0.2) is 0 Å². The molecule has 1 aliphatic rings. The summed E-state index contributed by atoms with van der Waals surface area (Å²) in [6.07, 6.45) is 6.76. The highest BCUT2D eigenvalue weighted by atomic mass is 15.3. The van der Waals surface area contributed by atoms with Crippen molar-refractivity contribution in [1.82, 2.24) is 9.78 Å². The average Bonchev–Trinajstić information content (AvgIpc) is 2.99. The van der Waals surface area contributed by atoms with E-state index in [9.17, 15) is 0 Å². The van der Waals surface area contributed by atoms with E-state index in [1.807, 2.05) is 0 Å². The van der Waals surface area contributed by atoms with E-state index in [0.29, 0.717) is 12.1 Å². The van der Waals surface area contributed by atoms with Gasteiger partial charge in [-0.25, -0.2) is 0 Å². The molecule has 1 aromatic rings. The molecule has 1 aliphatic carbocycles. The molecule has 0 radical (unpaired) electrons. The average molecular weight is 207 g/mol. The minimum Gasteiger partial charge on any atom is -0.327 e. The van der Waals surface area contributed by atoms with Gasteiger partial charge in [-0.3, -0.25) is 4.68 Å². The molecule has 1 heterocycles. The lowest BCUT2D eigenvalue weighted by Gasteiger charge is -2.09. The fourth-order valence-electron chi connectivity index (χ4n) is 1.85. The summed E-state index contributed by atoms with van der Waals surface area (Å²) in [4.78, 5) is 0. The minimum absolute atomic E-state index is 0.324. The first-order chi connectivity index (χ1) is 7.20. The Morgan fingerprint density at radius 1 is 1.60 bits per heavy atom. The molecule has 15 heavy (non-hydrogen) atoms. The zero-order valence-electron chi connectivity index (χ0n) is 9.69. The Labute approximate surface area is 91.7 Å². The second-order valence-electron chi connectivity index (χ2n) is 4.75. The number of hydrogen-bond acceptors (Lipinski definition) is 2.